The van der Waals surface area contributed by atoms with E-state index in [1.165, 1.54) is 0 Å². The van der Waals surface area contributed by atoms with Gasteiger partial charge in [0.15, 0.2) is 5.78 Å². The van der Waals surface area contributed by atoms with Gasteiger partial charge in [-0.2, -0.15) is 0 Å². The number of hydrogen-bond acceptors (Lipinski definition) is 6. The molecule has 5 rings (SSSR count). The second-order valence-corrected chi connectivity index (χ2v) is 12.1. The number of Topliss-reactive ketones (excluding diaryl/α,β-unsaturated/α-hetero) is 1. The van der Waals surface area contributed by atoms with E-state index in [0.29, 0.717) is 40.3 Å². The van der Waals surface area contributed by atoms with Gasteiger partial charge in [0.1, 0.15) is 5.82 Å². The van der Waals surface area contributed by atoms with E-state index in [9.17, 15) is 14.4 Å². The van der Waals surface area contributed by atoms with E-state index in [1.807, 2.05) is 19.1 Å². The number of piperidine rings is 1. The lowest BCUT2D eigenvalue weighted by Crippen LogP contribution is -2.43. The number of carbonyl (C=O) groups excluding carboxylic acids is 3. The first-order valence-electron chi connectivity index (χ1n) is 14.4. The van der Waals surface area contributed by atoms with Gasteiger partial charge in [-0.1, -0.05) is 13.8 Å². The first-order chi connectivity index (χ1) is 18.6. The molecule has 4 atom stereocenters. The topological polar surface area (TPSA) is 117 Å². The molecule has 2 saturated carbocycles. The number of carbonyl (C=O) groups is 3. The molecule has 0 bridgehead atoms. The number of pyridine rings is 1. The fourth-order valence-electron chi connectivity index (χ4n) is 6.12. The number of fused-ring (bicyclic) bond motifs is 1. The number of ketones is 1. The van der Waals surface area contributed by atoms with Gasteiger partial charge >= 0.3 is 0 Å². The molecule has 1 aromatic heterocycles. The molecular weight excluding hydrogens is 490 g/mol. The van der Waals surface area contributed by atoms with Crippen LogP contribution in [-0.2, 0) is 0 Å². The number of rotatable bonds is 9. The smallest absolute Gasteiger partial charge is 0.251 e. The Balaban J connectivity index is 1.29. The van der Waals surface area contributed by atoms with Crippen LogP contribution < -0.4 is 21.3 Å². The van der Waals surface area contributed by atoms with Crippen molar-refractivity contribution in [2.24, 2.45) is 23.5 Å². The fraction of sp³-hybridized carbons (Fsp3) is 0.548. The maximum absolute atomic E-state index is 13.5. The third kappa shape index (κ3) is 5.80. The molecule has 208 valence electrons. The molecule has 1 saturated heterocycles. The van der Waals surface area contributed by atoms with E-state index >= 15 is 0 Å². The van der Waals surface area contributed by atoms with Crippen LogP contribution in [0.15, 0.2) is 30.5 Å². The molecule has 2 heterocycles. The third-order valence-corrected chi connectivity index (χ3v) is 8.90. The molecule has 1 aliphatic heterocycles. The molecule has 0 spiro atoms. The van der Waals surface area contributed by atoms with Gasteiger partial charge in [0, 0.05) is 53.6 Å². The van der Waals surface area contributed by atoms with Crippen LogP contribution >= 0.6 is 0 Å². The van der Waals surface area contributed by atoms with Gasteiger partial charge < -0.3 is 21.3 Å². The predicted molar refractivity (Wildman–Crippen MR) is 153 cm³/mol. The van der Waals surface area contributed by atoms with E-state index in [2.05, 4.69) is 41.3 Å². The average molecular weight is 532 g/mol. The van der Waals surface area contributed by atoms with E-state index in [0.717, 1.165) is 56.5 Å². The highest BCUT2D eigenvalue weighted by atomic mass is 16.2. The molecule has 8 nitrogen and oxygen atoms in total. The summed E-state index contributed by atoms with van der Waals surface area (Å²) in [6.07, 6.45) is 7.73. The van der Waals surface area contributed by atoms with Crippen molar-refractivity contribution in [3.63, 3.8) is 0 Å². The number of anilines is 2. The number of amides is 2. The van der Waals surface area contributed by atoms with E-state index in [4.69, 9.17) is 5.73 Å². The molecule has 3 unspecified atom stereocenters. The van der Waals surface area contributed by atoms with Crippen molar-refractivity contribution in [1.29, 1.82) is 0 Å². The highest BCUT2D eigenvalue weighted by Gasteiger charge is 2.41. The Kier molecular flexibility index (Phi) is 7.65. The fourth-order valence-corrected chi connectivity index (χ4v) is 6.12. The zero-order chi connectivity index (χ0) is 27.8. The minimum absolute atomic E-state index is 0.0602. The molecule has 1 aromatic carbocycles. The molecule has 2 aromatic rings. The number of nitrogens with zero attached hydrogens (tertiary/aromatic N) is 2. The number of primary amides is 1. The van der Waals surface area contributed by atoms with Gasteiger partial charge in [0.25, 0.3) is 11.8 Å². The van der Waals surface area contributed by atoms with Crippen LogP contribution in [0.1, 0.15) is 95.9 Å². The molecule has 2 aliphatic carbocycles. The molecule has 39 heavy (non-hydrogen) atoms. The number of aryl methyl sites for hydroxylation is 1. The number of nitrogens with one attached hydrogen (secondary N) is 2. The zero-order valence-electron chi connectivity index (χ0n) is 23.5. The van der Waals surface area contributed by atoms with Crippen molar-refractivity contribution in [1.82, 2.24) is 10.3 Å². The Hall–Kier alpha value is -3.42. The Labute approximate surface area is 231 Å². The van der Waals surface area contributed by atoms with Crippen LogP contribution in [0.2, 0.25) is 0 Å². The lowest BCUT2D eigenvalue weighted by atomic mass is 9.92. The van der Waals surface area contributed by atoms with E-state index in [-0.39, 0.29) is 29.7 Å². The highest BCUT2D eigenvalue weighted by molar-refractivity contribution is 6.03. The van der Waals surface area contributed by atoms with Crippen LogP contribution in [0.5, 0.6) is 0 Å². The summed E-state index contributed by atoms with van der Waals surface area (Å²) in [5.74, 6) is 1.52. The minimum atomic E-state index is -0.512. The zero-order valence-corrected chi connectivity index (χ0v) is 23.5. The molecule has 8 heteroatoms. The summed E-state index contributed by atoms with van der Waals surface area (Å²) in [4.78, 5) is 45.0. The summed E-state index contributed by atoms with van der Waals surface area (Å²) in [7, 11) is 0. The molecule has 0 radical (unpaired) electrons. The highest BCUT2D eigenvalue weighted by Crippen LogP contribution is 2.39. The largest absolute Gasteiger partial charge is 0.382 e. The van der Waals surface area contributed by atoms with Gasteiger partial charge in [0.05, 0.1) is 5.56 Å². The summed E-state index contributed by atoms with van der Waals surface area (Å²) in [5, 5.41) is 6.66. The maximum atomic E-state index is 13.5. The van der Waals surface area contributed by atoms with E-state index in [1.54, 1.807) is 18.3 Å². The summed E-state index contributed by atoms with van der Waals surface area (Å²) < 4.78 is 0. The predicted octanol–water partition coefficient (Wildman–Crippen LogP) is 4.72. The van der Waals surface area contributed by atoms with Gasteiger partial charge in [-0.15, -0.1) is 0 Å². The first kappa shape index (κ1) is 27.2. The monoisotopic (exact) mass is 531 g/mol. The van der Waals surface area contributed by atoms with Crippen LogP contribution in [0.4, 0.5) is 11.5 Å². The van der Waals surface area contributed by atoms with Crippen molar-refractivity contribution < 1.29 is 14.4 Å². The lowest BCUT2D eigenvalue weighted by Gasteiger charge is -2.38. The van der Waals surface area contributed by atoms with Gasteiger partial charge in [-0.25, -0.2) is 4.98 Å². The Morgan fingerprint density at radius 3 is 2.46 bits per heavy atom. The molecular formula is C31H41N5O3. The number of aromatic nitrogens is 1. The average Bonchev–Trinajstić information content (AvgIpc) is 3.68. The molecule has 2 amide bonds. The Morgan fingerprint density at radius 1 is 1.05 bits per heavy atom. The van der Waals surface area contributed by atoms with Gasteiger partial charge in [-0.3, -0.25) is 14.4 Å². The number of benzene rings is 1. The van der Waals surface area contributed by atoms with Crippen molar-refractivity contribution >= 4 is 29.1 Å². The second-order valence-electron chi connectivity index (χ2n) is 12.1. The van der Waals surface area contributed by atoms with Gasteiger partial charge in [0.2, 0.25) is 0 Å². The SMILES string of the molecule is Cc1cc(C(N)=O)c(N[C@H](C)C(C)C)cc1C(=O)NC1CC2CCCN(c3ccc(C(=O)C4CC4)cn3)C2C1. The van der Waals surface area contributed by atoms with Crippen molar-refractivity contribution in [3.05, 3.63) is 52.7 Å². The van der Waals surface area contributed by atoms with Crippen LogP contribution in [-0.4, -0.2) is 47.3 Å². The van der Waals surface area contributed by atoms with Crippen LogP contribution in [0.25, 0.3) is 0 Å². The molecule has 3 aliphatic rings. The van der Waals surface area contributed by atoms with Crippen LogP contribution in [0.3, 0.4) is 0 Å². The van der Waals surface area contributed by atoms with Crippen molar-refractivity contribution in [2.45, 2.75) is 84.3 Å². The van der Waals surface area contributed by atoms with Crippen molar-refractivity contribution in [3.8, 4) is 0 Å². The number of hydrogen-bond donors (Lipinski definition) is 3. The molecule has 3 fully saturated rings. The van der Waals surface area contributed by atoms with E-state index < -0.39 is 5.91 Å². The normalized spacial score (nSPS) is 23.3. The Morgan fingerprint density at radius 2 is 1.82 bits per heavy atom. The van der Waals surface area contributed by atoms with Gasteiger partial charge in [-0.05, 0) is 94.0 Å². The minimum Gasteiger partial charge on any atom is -0.382 e. The standard InChI is InChI=1S/C31H41N5O3/c1-17(2)19(4)34-26-15-24(18(3)12-25(26)30(32)38)31(39)35-23-13-21-6-5-11-36(27(21)14-23)28-10-9-22(16-33-28)29(37)20-7-8-20/h9-10,12,15-17,19-21,23,27,34H,5-8,11,13-14H2,1-4H3,(H2,32,38)(H,35,39)/t19-,21?,23?,27?/m1/s1. The summed E-state index contributed by atoms with van der Waals surface area (Å²) >= 11 is 0. The first-order valence-corrected chi connectivity index (χ1v) is 14.4. The quantitative estimate of drug-likeness (QED) is 0.403. The van der Waals surface area contributed by atoms with Crippen LogP contribution in [0, 0.1) is 24.7 Å². The summed E-state index contributed by atoms with van der Waals surface area (Å²) in [6, 6.07) is 7.87. The molecule has 4 N–H and O–H groups in total. The summed E-state index contributed by atoms with van der Waals surface area (Å²) in [6.45, 7) is 9.03. The van der Waals surface area contributed by atoms with Crippen molar-refractivity contribution in [2.75, 3.05) is 16.8 Å². The lowest BCUT2D eigenvalue weighted by molar-refractivity contribution is 0.0933. The maximum Gasteiger partial charge on any atom is 0.251 e. The summed E-state index contributed by atoms with van der Waals surface area (Å²) in [5.41, 5.74) is 8.65. The second kappa shape index (κ2) is 11.0. The third-order valence-electron chi connectivity index (χ3n) is 8.90. The Bertz CT molecular complexity index is 1250. The number of nitrogens with two attached hydrogens (primary N) is 1.